The van der Waals surface area contributed by atoms with E-state index >= 15 is 0 Å². The van der Waals surface area contributed by atoms with Crippen LogP contribution >= 0.6 is 0 Å². The summed E-state index contributed by atoms with van der Waals surface area (Å²) in [7, 11) is 0. The van der Waals surface area contributed by atoms with Crippen LogP contribution in [0.2, 0.25) is 0 Å². The number of hydrogen-bond donors (Lipinski definition) is 4. The van der Waals surface area contributed by atoms with Gasteiger partial charge in [0, 0.05) is 0 Å². The molecular weight excluding hydrogens is 271 g/mol. The van der Waals surface area contributed by atoms with E-state index in [4.69, 9.17) is 0 Å². The van der Waals surface area contributed by atoms with Crippen molar-refractivity contribution >= 4 is 5.97 Å². The molecule has 112 valence electrons. The van der Waals surface area contributed by atoms with Gasteiger partial charge in [0.05, 0.1) is 6.61 Å². The van der Waals surface area contributed by atoms with Gasteiger partial charge in [0.25, 0.3) is 0 Å². The fourth-order valence-corrected chi connectivity index (χ4v) is 1.60. The molecule has 1 aromatic rings. The van der Waals surface area contributed by atoms with E-state index in [0.717, 1.165) is 12.1 Å². The van der Waals surface area contributed by atoms with Gasteiger partial charge in [0.1, 0.15) is 24.1 Å². The van der Waals surface area contributed by atoms with E-state index < -0.39 is 36.2 Å². The molecule has 0 aliphatic heterocycles. The van der Waals surface area contributed by atoms with Gasteiger partial charge >= 0.3 is 5.97 Å². The normalized spacial score (nSPS) is 17.1. The number of carbonyl (C=O) groups is 1. The van der Waals surface area contributed by atoms with Gasteiger partial charge in [-0.2, -0.15) is 0 Å². The van der Waals surface area contributed by atoms with E-state index in [0.29, 0.717) is 0 Å². The van der Waals surface area contributed by atoms with E-state index in [1.54, 1.807) is 0 Å². The average molecular weight is 288 g/mol. The summed E-state index contributed by atoms with van der Waals surface area (Å²) < 4.78 is 17.2. The van der Waals surface area contributed by atoms with E-state index in [1.165, 1.54) is 19.1 Å². The van der Waals surface area contributed by atoms with Gasteiger partial charge in [-0.05, 0) is 24.6 Å². The van der Waals surface area contributed by atoms with Gasteiger partial charge in [0.2, 0.25) is 0 Å². The first kappa shape index (κ1) is 16.5. The summed E-state index contributed by atoms with van der Waals surface area (Å²) in [6, 6.07) is 4.57. The fourth-order valence-electron chi connectivity index (χ4n) is 1.60. The van der Waals surface area contributed by atoms with Crippen LogP contribution in [0, 0.1) is 5.82 Å². The van der Waals surface area contributed by atoms with Crippen LogP contribution in [0.15, 0.2) is 24.3 Å². The third kappa shape index (κ3) is 3.97. The Morgan fingerprint density at radius 1 is 1.15 bits per heavy atom. The minimum atomic E-state index is -1.99. The molecule has 0 spiro atoms. The highest BCUT2D eigenvalue weighted by molar-refractivity contribution is 5.75. The second kappa shape index (κ2) is 7.30. The highest BCUT2D eigenvalue weighted by Crippen LogP contribution is 2.21. The number of aliphatic hydroxyl groups is 4. The topological polar surface area (TPSA) is 107 Å². The molecule has 0 aromatic heterocycles. The predicted molar refractivity (Wildman–Crippen MR) is 66.0 cm³/mol. The highest BCUT2D eigenvalue weighted by Gasteiger charge is 2.35. The number of ether oxygens (including phenoxy) is 1. The van der Waals surface area contributed by atoms with Crippen LogP contribution in [-0.4, -0.2) is 51.3 Å². The molecule has 0 aliphatic carbocycles. The second-order valence-electron chi connectivity index (χ2n) is 4.17. The monoisotopic (exact) mass is 288 g/mol. The standard InChI is InChI=1S/C13H17FO6/c1-2-20-13(19)12(18)11(17)10(16)9(15)7-3-5-8(14)6-4-7/h3-6,9-12,15-18H,2H2,1H3/t9-,10+,11-,12+/m0/s1. The number of hydrogen-bond acceptors (Lipinski definition) is 6. The Morgan fingerprint density at radius 3 is 2.20 bits per heavy atom. The van der Waals surface area contributed by atoms with Crippen LogP contribution in [0.4, 0.5) is 4.39 Å². The maximum Gasteiger partial charge on any atom is 0.337 e. The van der Waals surface area contributed by atoms with Crippen LogP contribution in [0.1, 0.15) is 18.6 Å². The zero-order valence-electron chi connectivity index (χ0n) is 10.8. The molecule has 0 saturated heterocycles. The average Bonchev–Trinajstić information content (AvgIpc) is 2.45. The van der Waals surface area contributed by atoms with Gasteiger partial charge in [-0.15, -0.1) is 0 Å². The molecular formula is C13H17FO6. The number of aliphatic hydroxyl groups excluding tert-OH is 4. The maximum atomic E-state index is 12.7. The van der Waals surface area contributed by atoms with Gasteiger partial charge in [0.15, 0.2) is 6.10 Å². The van der Waals surface area contributed by atoms with Crippen molar-refractivity contribution in [3.8, 4) is 0 Å². The van der Waals surface area contributed by atoms with Crippen molar-refractivity contribution in [2.75, 3.05) is 6.61 Å². The lowest BCUT2D eigenvalue weighted by molar-refractivity contribution is -0.168. The Morgan fingerprint density at radius 2 is 1.70 bits per heavy atom. The van der Waals surface area contributed by atoms with E-state index in [1.807, 2.05) is 0 Å². The summed E-state index contributed by atoms with van der Waals surface area (Å²) in [6.45, 7) is 1.51. The van der Waals surface area contributed by atoms with Gasteiger partial charge in [-0.25, -0.2) is 9.18 Å². The summed E-state index contributed by atoms with van der Waals surface area (Å²) >= 11 is 0. The predicted octanol–water partition coefficient (Wildman–Crippen LogP) is -0.495. The van der Waals surface area contributed by atoms with Gasteiger partial charge in [-0.3, -0.25) is 0 Å². The molecule has 0 saturated carbocycles. The molecule has 0 amide bonds. The van der Waals surface area contributed by atoms with Crippen LogP contribution in [0.5, 0.6) is 0 Å². The number of esters is 1. The van der Waals surface area contributed by atoms with Crippen molar-refractivity contribution in [3.63, 3.8) is 0 Å². The molecule has 0 heterocycles. The largest absolute Gasteiger partial charge is 0.464 e. The summed E-state index contributed by atoms with van der Waals surface area (Å²) in [5.74, 6) is -1.63. The molecule has 0 bridgehead atoms. The quantitative estimate of drug-likeness (QED) is 0.526. The van der Waals surface area contributed by atoms with E-state index in [9.17, 15) is 29.6 Å². The lowest BCUT2D eigenvalue weighted by Gasteiger charge is -2.25. The molecule has 0 aliphatic rings. The van der Waals surface area contributed by atoms with Gasteiger partial charge < -0.3 is 25.2 Å². The Labute approximate surface area is 115 Å². The number of rotatable bonds is 6. The summed E-state index contributed by atoms with van der Waals surface area (Å²) in [5.41, 5.74) is 0.133. The number of carbonyl (C=O) groups excluding carboxylic acids is 1. The molecule has 0 fully saturated rings. The lowest BCUT2D eigenvalue weighted by atomic mass is 9.97. The smallest absolute Gasteiger partial charge is 0.337 e. The van der Waals surface area contributed by atoms with E-state index in [-0.39, 0.29) is 12.2 Å². The van der Waals surface area contributed by atoms with Crippen LogP contribution in [-0.2, 0) is 9.53 Å². The highest BCUT2D eigenvalue weighted by atomic mass is 19.1. The first-order chi connectivity index (χ1) is 9.38. The Kier molecular flexibility index (Phi) is 6.03. The molecule has 20 heavy (non-hydrogen) atoms. The maximum absolute atomic E-state index is 12.7. The first-order valence-corrected chi connectivity index (χ1v) is 6.02. The molecule has 6 nitrogen and oxygen atoms in total. The molecule has 7 heteroatoms. The van der Waals surface area contributed by atoms with Crippen molar-refractivity contribution in [1.29, 1.82) is 0 Å². The Hall–Kier alpha value is -1.54. The molecule has 4 atom stereocenters. The minimum Gasteiger partial charge on any atom is -0.464 e. The number of halogens is 1. The molecule has 1 rings (SSSR count). The second-order valence-corrected chi connectivity index (χ2v) is 4.17. The fraction of sp³-hybridized carbons (Fsp3) is 0.462. The minimum absolute atomic E-state index is 0.000770. The SMILES string of the molecule is CCOC(=O)[C@H](O)[C@@H](O)[C@H](O)[C@@H](O)c1ccc(F)cc1. The van der Waals surface area contributed by atoms with Crippen molar-refractivity contribution in [3.05, 3.63) is 35.6 Å². The first-order valence-electron chi connectivity index (χ1n) is 6.02. The number of benzene rings is 1. The Bertz CT molecular complexity index is 435. The van der Waals surface area contributed by atoms with Crippen molar-refractivity contribution in [2.45, 2.75) is 31.3 Å². The molecule has 0 unspecified atom stereocenters. The summed E-state index contributed by atoms with van der Waals surface area (Å²) in [6.07, 6.45) is -7.34. The van der Waals surface area contributed by atoms with E-state index in [2.05, 4.69) is 4.74 Å². The van der Waals surface area contributed by atoms with Crippen molar-refractivity contribution in [2.24, 2.45) is 0 Å². The third-order valence-corrected chi connectivity index (χ3v) is 2.74. The molecule has 4 N–H and O–H groups in total. The van der Waals surface area contributed by atoms with Crippen molar-refractivity contribution < 1.29 is 34.3 Å². The third-order valence-electron chi connectivity index (χ3n) is 2.74. The van der Waals surface area contributed by atoms with Crippen LogP contribution in [0.3, 0.4) is 0 Å². The molecule has 0 radical (unpaired) electrons. The van der Waals surface area contributed by atoms with Crippen LogP contribution < -0.4 is 0 Å². The summed E-state index contributed by atoms with van der Waals surface area (Å²) in [4.78, 5) is 11.2. The van der Waals surface area contributed by atoms with Crippen molar-refractivity contribution in [1.82, 2.24) is 0 Å². The Balaban J connectivity index is 2.74. The zero-order valence-corrected chi connectivity index (χ0v) is 10.8. The van der Waals surface area contributed by atoms with Crippen LogP contribution in [0.25, 0.3) is 0 Å². The summed E-state index contributed by atoms with van der Waals surface area (Å²) in [5, 5.41) is 38.7. The zero-order chi connectivity index (χ0) is 15.3. The lowest BCUT2D eigenvalue weighted by Crippen LogP contribution is -2.45. The van der Waals surface area contributed by atoms with Gasteiger partial charge in [-0.1, -0.05) is 12.1 Å². The molecule has 1 aromatic carbocycles.